The third-order valence-corrected chi connectivity index (χ3v) is 8.04. The molecule has 42 heavy (non-hydrogen) atoms. The maximum absolute atomic E-state index is 13.9. The Bertz CT molecular complexity index is 1720. The minimum Gasteiger partial charge on any atom is -0.493 e. The van der Waals surface area contributed by atoms with Crippen molar-refractivity contribution in [1.29, 1.82) is 0 Å². The Morgan fingerprint density at radius 3 is 2.50 bits per heavy atom. The Labute approximate surface area is 260 Å². The van der Waals surface area contributed by atoms with Gasteiger partial charge in [-0.1, -0.05) is 23.5 Å². The summed E-state index contributed by atoms with van der Waals surface area (Å²) in [5.41, 5.74) is 1.84. The average Bonchev–Trinajstić information content (AvgIpc) is 3.25. The van der Waals surface area contributed by atoms with E-state index in [1.807, 2.05) is 26.0 Å². The zero-order valence-electron chi connectivity index (χ0n) is 24.1. The van der Waals surface area contributed by atoms with E-state index in [4.69, 9.17) is 18.9 Å². The number of ether oxygens (including phenoxy) is 5. The summed E-state index contributed by atoms with van der Waals surface area (Å²) in [5, 5.41) is 0. The van der Waals surface area contributed by atoms with Crippen molar-refractivity contribution in [2.45, 2.75) is 39.8 Å². The number of aromatic nitrogens is 1. The van der Waals surface area contributed by atoms with Crippen molar-refractivity contribution in [1.82, 2.24) is 4.57 Å². The van der Waals surface area contributed by atoms with E-state index in [1.165, 1.54) is 30.1 Å². The first kappa shape index (κ1) is 31.3. The van der Waals surface area contributed by atoms with Crippen molar-refractivity contribution in [3.63, 3.8) is 0 Å². The van der Waals surface area contributed by atoms with Crippen molar-refractivity contribution in [3.05, 3.63) is 82.1 Å². The van der Waals surface area contributed by atoms with E-state index >= 15 is 0 Å². The lowest BCUT2D eigenvalue weighted by Crippen LogP contribution is -2.40. The van der Waals surface area contributed by atoms with Crippen molar-refractivity contribution < 1.29 is 33.3 Å². The van der Waals surface area contributed by atoms with Crippen LogP contribution in [0, 0.1) is 3.57 Å². The Morgan fingerprint density at radius 1 is 1.12 bits per heavy atom. The van der Waals surface area contributed by atoms with Crippen LogP contribution in [0.2, 0.25) is 0 Å². The lowest BCUT2D eigenvalue weighted by atomic mass is 9.95. The van der Waals surface area contributed by atoms with E-state index in [9.17, 15) is 14.4 Å². The molecule has 4 rings (SSSR count). The van der Waals surface area contributed by atoms with Crippen LogP contribution in [-0.2, 0) is 19.1 Å². The molecule has 3 aromatic rings. The monoisotopic (exact) mass is 706 g/mol. The molecule has 1 aliphatic heterocycles. The zero-order chi connectivity index (χ0) is 30.6. The molecule has 2 aromatic carbocycles. The Balaban J connectivity index is 1.83. The molecule has 0 aliphatic carbocycles. The maximum atomic E-state index is 13.9. The number of hydrogen-bond acceptors (Lipinski definition) is 10. The number of nitrogens with zero attached hydrogens (tertiary/aromatic N) is 2. The zero-order valence-corrected chi connectivity index (χ0v) is 27.0. The molecule has 1 aliphatic rings. The number of carbonyl (C=O) groups excluding carboxylic acids is 2. The summed E-state index contributed by atoms with van der Waals surface area (Å²) in [6.45, 7) is 7.27. The highest BCUT2D eigenvalue weighted by Gasteiger charge is 2.34. The fourth-order valence-electron chi connectivity index (χ4n) is 4.38. The average molecular weight is 707 g/mol. The predicted octanol–water partition coefficient (Wildman–Crippen LogP) is 3.75. The Morgan fingerprint density at radius 2 is 1.86 bits per heavy atom. The van der Waals surface area contributed by atoms with Crippen LogP contribution in [0.25, 0.3) is 6.08 Å². The van der Waals surface area contributed by atoms with Crippen LogP contribution in [0.3, 0.4) is 0 Å². The molecular formula is C30H31IN2O8S. The van der Waals surface area contributed by atoms with Gasteiger partial charge in [0.25, 0.3) is 5.56 Å². The van der Waals surface area contributed by atoms with Gasteiger partial charge in [0.2, 0.25) is 0 Å². The van der Waals surface area contributed by atoms with Gasteiger partial charge in [-0.25, -0.2) is 14.6 Å². The highest BCUT2D eigenvalue weighted by atomic mass is 127. The number of benzene rings is 2. The largest absolute Gasteiger partial charge is 0.493 e. The van der Waals surface area contributed by atoms with Crippen LogP contribution in [0.4, 0.5) is 0 Å². The van der Waals surface area contributed by atoms with Gasteiger partial charge in [0.05, 0.1) is 52.3 Å². The third-order valence-electron chi connectivity index (χ3n) is 6.21. The van der Waals surface area contributed by atoms with E-state index in [0.717, 1.165) is 9.13 Å². The highest BCUT2D eigenvalue weighted by Crippen LogP contribution is 2.36. The number of carbonyl (C=O) groups is 2. The highest BCUT2D eigenvalue weighted by molar-refractivity contribution is 14.1. The summed E-state index contributed by atoms with van der Waals surface area (Å²) in [7, 11) is 2.84. The van der Waals surface area contributed by atoms with Crippen molar-refractivity contribution in [2.75, 3.05) is 27.4 Å². The summed E-state index contributed by atoms with van der Waals surface area (Å²) in [5.74, 6) is 0.522. The number of thiazole rings is 1. The molecule has 1 aromatic heterocycles. The van der Waals surface area contributed by atoms with E-state index in [2.05, 4.69) is 32.3 Å². The first-order chi connectivity index (χ1) is 20.1. The summed E-state index contributed by atoms with van der Waals surface area (Å²) in [6, 6.07) is 9.93. The lowest BCUT2D eigenvalue weighted by molar-refractivity contribution is -0.143. The van der Waals surface area contributed by atoms with Gasteiger partial charge in [-0.2, -0.15) is 0 Å². The van der Waals surface area contributed by atoms with Gasteiger partial charge in [-0.15, -0.1) is 0 Å². The molecule has 2 heterocycles. The van der Waals surface area contributed by atoms with Gasteiger partial charge in [0.1, 0.15) is 5.75 Å². The van der Waals surface area contributed by atoms with Crippen molar-refractivity contribution in [3.8, 4) is 17.2 Å². The fourth-order valence-corrected chi connectivity index (χ4v) is 6.13. The fraction of sp³-hybridized carbons (Fsp3) is 0.333. The van der Waals surface area contributed by atoms with Gasteiger partial charge in [-0.3, -0.25) is 9.36 Å². The summed E-state index contributed by atoms with van der Waals surface area (Å²) in [4.78, 5) is 43.7. The van der Waals surface area contributed by atoms with Crippen LogP contribution in [0.15, 0.2) is 57.5 Å². The number of allylic oxidation sites excluding steroid dienone is 1. The minimum atomic E-state index is -0.793. The van der Waals surface area contributed by atoms with E-state index in [0.29, 0.717) is 37.8 Å². The molecule has 0 N–H and O–H groups in total. The second-order valence-corrected chi connectivity index (χ2v) is 11.6. The van der Waals surface area contributed by atoms with E-state index < -0.39 is 18.0 Å². The van der Waals surface area contributed by atoms with Crippen LogP contribution < -0.4 is 29.1 Å². The summed E-state index contributed by atoms with van der Waals surface area (Å²) in [6.07, 6.45) is 1.69. The van der Waals surface area contributed by atoms with Crippen molar-refractivity contribution in [2.24, 2.45) is 4.99 Å². The van der Waals surface area contributed by atoms with Gasteiger partial charge < -0.3 is 23.7 Å². The molecule has 12 heteroatoms. The van der Waals surface area contributed by atoms with Crippen molar-refractivity contribution >= 4 is 51.9 Å². The standard InChI is InChI=1S/C30H31IN2O8S/c1-7-39-29(36)26-17(4)32-30-33(27(26)19-9-11-22(41-16(2)3)23(14-19)37-5)28(35)24(42-30)13-18-8-10-21(20(31)12-18)40-15-25(34)38-6/h8-14,16,27H,7,15H2,1-6H3/b24-13-/t27-/m1/s1. The molecule has 0 fully saturated rings. The molecule has 0 radical (unpaired) electrons. The molecular weight excluding hydrogens is 675 g/mol. The first-order valence-electron chi connectivity index (χ1n) is 13.1. The van der Waals surface area contributed by atoms with Gasteiger partial charge >= 0.3 is 11.9 Å². The van der Waals surface area contributed by atoms with E-state index in [1.54, 1.807) is 44.2 Å². The minimum absolute atomic E-state index is 0.0730. The summed E-state index contributed by atoms with van der Waals surface area (Å²) < 4.78 is 29.7. The molecule has 0 spiro atoms. The van der Waals surface area contributed by atoms with Gasteiger partial charge in [0, 0.05) is 0 Å². The Kier molecular flexibility index (Phi) is 10.1. The second kappa shape index (κ2) is 13.6. The molecule has 0 saturated heterocycles. The number of fused-ring (bicyclic) bond motifs is 1. The van der Waals surface area contributed by atoms with E-state index in [-0.39, 0.29) is 30.5 Å². The normalized spacial score (nSPS) is 14.8. The topological polar surface area (TPSA) is 115 Å². The molecule has 1 atom stereocenters. The predicted molar refractivity (Wildman–Crippen MR) is 166 cm³/mol. The molecule has 0 bridgehead atoms. The molecule has 0 amide bonds. The number of hydrogen-bond donors (Lipinski definition) is 0. The van der Waals surface area contributed by atoms with Crippen LogP contribution >= 0.6 is 33.9 Å². The van der Waals surface area contributed by atoms with Crippen LogP contribution in [0.5, 0.6) is 17.2 Å². The molecule has 10 nitrogen and oxygen atoms in total. The number of esters is 2. The number of halogens is 1. The number of methoxy groups -OCH3 is 2. The smallest absolute Gasteiger partial charge is 0.343 e. The molecule has 0 saturated carbocycles. The van der Waals surface area contributed by atoms with Crippen LogP contribution in [0.1, 0.15) is 44.9 Å². The van der Waals surface area contributed by atoms with Gasteiger partial charge in [-0.05, 0) is 91.8 Å². The lowest BCUT2D eigenvalue weighted by Gasteiger charge is -2.25. The third kappa shape index (κ3) is 6.70. The number of rotatable bonds is 10. The summed E-state index contributed by atoms with van der Waals surface area (Å²) >= 11 is 3.33. The maximum Gasteiger partial charge on any atom is 0.343 e. The van der Waals surface area contributed by atoms with Crippen LogP contribution in [-0.4, -0.2) is 50.0 Å². The SMILES string of the molecule is CCOC(=O)C1=C(C)N=c2s/c(=C\c3ccc(OCC(=O)OC)c(I)c3)c(=O)n2[C@@H]1c1ccc(OC(C)C)c(OC)c1. The molecule has 222 valence electrons. The van der Waals surface area contributed by atoms with Gasteiger partial charge in [0.15, 0.2) is 22.9 Å². The second-order valence-electron chi connectivity index (χ2n) is 9.43. The first-order valence-corrected chi connectivity index (χ1v) is 15.0. The molecule has 0 unspecified atom stereocenters. The quantitative estimate of drug-likeness (QED) is 0.232. The Hall–Kier alpha value is -3.65.